The van der Waals surface area contributed by atoms with Crippen LogP contribution in [0, 0.1) is 0 Å². The Hall–Kier alpha value is -2.75. The van der Waals surface area contributed by atoms with Gasteiger partial charge in [0.1, 0.15) is 5.37 Å². The van der Waals surface area contributed by atoms with Crippen LogP contribution in [-0.4, -0.2) is 54.0 Å². The van der Waals surface area contributed by atoms with E-state index in [2.05, 4.69) is 22.2 Å². The average molecular weight is 431 g/mol. The molecule has 0 spiro atoms. The second kappa shape index (κ2) is 9.84. The van der Waals surface area contributed by atoms with Gasteiger partial charge in [-0.25, -0.2) is 13.2 Å². The number of pyridine rings is 1. The largest absolute Gasteiger partial charge is 0.393 e. The van der Waals surface area contributed by atoms with Gasteiger partial charge >= 0.3 is 6.03 Å². The number of likely N-dealkylation sites (tertiary alicyclic amines) is 1. The second-order valence-corrected chi connectivity index (χ2v) is 9.18. The van der Waals surface area contributed by atoms with Crippen LogP contribution in [0.1, 0.15) is 18.4 Å². The first kappa shape index (κ1) is 21.9. The van der Waals surface area contributed by atoms with Crippen LogP contribution in [0.3, 0.4) is 0 Å². The van der Waals surface area contributed by atoms with Crippen LogP contribution in [0.2, 0.25) is 0 Å². The van der Waals surface area contributed by atoms with Crippen molar-refractivity contribution < 1.29 is 18.3 Å². The molecule has 3 N–H and O–H groups in total. The molecule has 1 saturated heterocycles. The number of carbonyl (C=O) groups is 1. The average Bonchev–Trinajstić information content (AvgIpc) is 2.75. The van der Waals surface area contributed by atoms with E-state index < -0.39 is 21.2 Å². The molecule has 1 aliphatic rings. The summed E-state index contributed by atoms with van der Waals surface area (Å²) >= 11 is 0. The summed E-state index contributed by atoms with van der Waals surface area (Å²) in [6.45, 7) is 5.02. The monoisotopic (exact) mass is 430 g/mol. The minimum Gasteiger partial charge on any atom is -0.393 e. The Morgan fingerprint density at radius 3 is 2.57 bits per heavy atom. The summed E-state index contributed by atoms with van der Waals surface area (Å²) < 4.78 is 26.1. The molecule has 1 aliphatic heterocycles. The molecule has 1 aromatic heterocycles. The van der Waals surface area contributed by atoms with Crippen LogP contribution >= 0.6 is 0 Å². The van der Waals surface area contributed by atoms with E-state index in [0.717, 1.165) is 5.56 Å². The number of piperidine rings is 1. The number of rotatable bonds is 7. The van der Waals surface area contributed by atoms with E-state index in [1.807, 2.05) is 11.0 Å². The molecule has 0 aliphatic carbocycles. The third-order valence-corrected chi connectivity index (χ3v) is 7.05. The molecule has 2 heterocycles. The van der Waals surface area contributed by atoms with E-state index in [0.29, 0.717) is 38.2 Å². The van der Waals surface area contributed by atoms with Gasteiger partial charge in [-0.1, -0.05) is 12.1 Å². The minimum atomic E-state index is -3.67. The molecule has 9 heteroatoms. The molecule has 1 fully saturated rings. The van der Waals surface area contributed by atoms with E-state index in [1.54, 1.807) is 30.6 Å². The molecule has 30 heavy (non-hydrogen) atoms. The quantitative estimate of drug-likeness (QED) is 0.581. The van der Waals surface area contributed by atoms with Crippen LogP contribution < -0.4 is 10.6 Å². The van der Waals surface area contributed by atoms with E-state index in [1.165, 1.54) is 18.2 Å². The topological polar surface area (TPSA) is 112 Å². The SMILES string of the molecule is C=CC(N1CCC(O)CC1)S(=O)(=O)c1ccc(NC(=O)NCc2cccnc2)cc1. The van der Waals surface area contributed by atoms with Gasteiger partial charge in [0, 0.05) is 37.7 Å². The van der Waals surface area contributed by atoms with Gasteiger partial charge in [0.2, 0.25) is 0 Å². The summed E-state index contributed by atoms with van der Waals surface area (Å²) in [4.78, 5) is 18.0. The number of aliphatic hydroxyl groups excluding tert-OH is 1. The highest BCUT2D eigenvalue weighted by atomic mass is 32.2. The molecular weight excluding hydrogens is 404 g/mol. The predicted molar refractivity (Wildman–Crippen MR) is 115 cm³/mol. The van der Waals surface area contributed by atoms with Gasteiger partial charge < -0.3 is 15.7 Å². The van der Waals surface area contributed by atoms with Crippen molar-refractivity contribution in [3.05, 3.63) is 67.0 Å². The van der Waals surface area contributed by atoms with Crippen LogP contribution in [-0.2, 0) is 16.4 Å². The first-order valence-corrected chi connectivity index (χ1v) is 11.3. The Kier molecular flexibility index (Phi) is 7.20. The molecule has 2 aromatic rings. The van der Waals surface area contributed by atoms with E-state index in [-0.39, 0.29) is 11.0 Å². The van der Waals surface area contributed by atoms with Gasteiger partial charge in [-0.2, -0.15) is 0 Å². The predicted octanol–water partition coefficient (Wildman–Crippen LogP) is 2.15. The van der Waals surface area contributed by atoms with Gasteiger partial charge in [0.15, 0.2) is 9.84 Å². The number of urea groups is 1. The lowest BCUT2D eigenvalue weighted by Gasteiger charge is -2.34. The zero-order valence-electron chi connectivity index (χ0n) is 16.6. The first-order chi connectivity index (χ1) is 14.4. The van der Waals surface area contributed by atoms with Gasteiger partial charge in [0.05, 0.1) is 11.0 Å². The number of sulfone groups is 1. The Labute approximate surface area is 176 Å². The van der Waals surface area contributed by atoms with Crippen molar-refractivity contribution in [1.29, 1.82) is 0 Å². The molecule has 3 rings (SSSR count). The molecule has 1 aromatic carbocycles. The van der Waals surface area contributed by atoms with E-state index >= 15 is 0 Å². The number of benzene rings is 1. The fourth-order valence-corrected chi connectivity index (χ4v) is 4.99. The summed E-state index contributed by atoms with van der Waals surface area (Å²) in [5.74, 6) is 0. The van der Waals surface area contributed by atoms with E-state index in [9.17, 15) is 18.3 Å². The number of amides is 2. The lowest BCUT2D eigenvalue weighted by molar-refractivity contribution is 0.0822. The molecule has 0 radical (unpaired) electrons. The zero-order chi connectivity index (χ0) is 21.6. The summed E-state index contributed by atoms with van der Waals surface area (Å²) in [5, 5.41) is 14.2. The van der Waals surface area contributed by atoms with E-state index in [4.69, 9.17) is 0 Å². The van der Waals surface area contributed by atoms with Crippen molar-refractivity contribution >= 4 is 21.6 Å². The van der Waals surface area contributed by atoms with Crippen molar-refractivity contribution in [3.8, 4) is 0 Å². The maximum absolute atomic E-state index is 13.1. The maximum atomic E-state index is 13.1. The van der Waals surface area contributed by atoms with Crippen LogP contribution in [0.5, 0.6) is 0 Å². The maximum Gasteiger partial charge on any atom is 0.319 e. The Morgan fingerprint density at radius 1 is 1.27 bits per heavy atom. The fraction of sp³-hybridized carbons (Fsp3) is 0.333. The number of hydrogen-bond donors (Lipinski definition) is 3. The minimum absolute atomic E-state index is 0.153. The zero-order valence-corrected chi connectivity index (χ0v) is 17.4. The van der Waals surface area contributed by atoms with Gasteiger partial charge in [-0.15, -0.1) is 6.58 Å². The highest BCUT2D eigenvalue weighted by Gasteiger charge is 2.32. The van der Waals surface area contributed by atoms with Gasteiger partial charge in [-0.05, 0) is 48.7 Å². The molecule has 0 bridgehead atoms. The summed E-state index contributed by atoms with van der Waals surface area (Å²) in [5.41, 5.74) is 1.35. The van der Waals surface area contributed by atoms with Gasteiger partial charge in [0.25, 0.3) is 0 Å². The molecular formula is C21H26N4O4S. The lowest BCUT2D eigenvalue weighted by Crippen LogP contribution is -2.45. The summed E-state index contributed by atoms with van der Waals surface area (Å²) in [6, 6.07) is 9.30. The summed E-state index contributed by atoms with van der Waals surface area (Å²) in [6.07, 6.45) is 5.44. The first-order valence-electron chi connectivity index (χ1n) is 9.72. The third kappa shape index (κ3) is 5.44. The smallest absolute Gasteiger partial charge is 0.319 e. The second-order valence-electron chi connectivity index (χ2n) is 7.13. The number of carbonyl (C=O) groups excluding carboxylic acids is 1. The number of anilines is 1. The summed E-state index contributed by atoms with van der Waals surface area (Å²) in [7, 11) is -3.67. The van der Waals surface area contributed by atoms with Crippen molar-refractivity contribution in [2.75, 3.05) is 18.4 Å². The van der Waals surface area contributed by atoms with Crippen molar-refractivity contribution in [1.82, 2.24) is 15.2 Å². The number of hydrogen-bond acceptors (Lipinski definition) is 6. The molecule has 2 amide bonds. The fourth-order valence-electron chi connectivity index (χ4n) is 3.34. The highest BCUT2D eigenvalue weighted by Crippen LogP contribution is 2.24. The molecule has 0 saturated carbocycles. The van der Waals surface area contributed by atoms with Crippen molar-refractivity contribution in [3.63, 3.8) is 0 Å². The third-order valence-electron chi connectivity index (χ3n) is 5.00. The molecule has 160 valence electrons. The lowest BCUT2D eigenvalue weighted by atomic mass is 10.1. The molecule has 8 nitrogen and oxygen atoms in total. The van der Waals surface area contributed by atoms with Crippen LogP contribution in [0.25, 0.3) is 0 Å². The van der Waals surface area contributed by atoms with Crippen molar-refractivity contribution in [2.45, 2.75) is 35.8 Å². The van der Waals surface area contributed by atoms with Crippen LogP contribution in [0.15, 0.2) is 66.3 Å². The number of aliphatic hydroxyl groups is 1. The standard InChI is InChI=1S/C21H26N4O4S/c1-2-20(25-12-9-18(26)10-13-25)30(28,29)19-7-5-17(6-8-19)24-21(27)23-15-16-4-3-11-22-14-16/h2-8,11,14,18,20,26H,1,9-10,12-13,15H2,(H2,23,24,27). The van der Waals surface area contributed by atoms with Gasteiger partial charge in [-0.3, -0.25) is 9.88 Å². The molecule has 1 unspecified atom stereocenters. The Bertz CT molecular complexity index is 956. The Morgan fingerprint density at radius 2 is 1.97 bits per heavy atom. The normalized spacial score (nSPS) is 16.6. The number of nitrogens with zero attached hydrogens (tertiary/aromatic N) is 2. The van der Waals surface area contributed by atoms with Crippen LogP contribution in [0.4, 0.5) is 10.5 Å². The molecule has 1 atom stereocenters. The number of aromatic nitrogens is 1. The Balaban J connectivity index is 1.62. The van der Waals surface area contributed by atoms with Crippen molar-refractivity contribution in [2.24, 2.45) is 0 Å². The number of nitrogens with one attached hydrogen (secondary N) is 2. The highest BCUT2D eigenvalue weighted by molar-refractivity contribution is 7.92.